The predicted molar refractivity (Wildman–Crippen MR) is 199 cm³/mol. The van der Waals surface area contributed by atoms with Gasteiger partial charge >= 0.3 is 0 Å². The minimum Gasteiger partial charge on any atom is -0.308 e. The molecule has 0 aliphatic carbocycles. The maximum absolute atomic E-state index is 5.22. The van der Waals surface area contributed by atoms with Gasteiger partial charge in [-0.05, 0) is 50.5 Å². The van der Waals surface area contributed by atoms with E-state index < -0.39 is 0 Å². The van der Waals surface area contributed by atoms with Crippen molar-refractivity contribution in [3.05, 3.63) is 170 Å². The van der Waals surface area contributed by atoms with Crippen molar-refractivity contribution >= 4 is 64.9 Å². The van der Waals surface area contributed by atoms with Crippen LogP contribution in [-0.2, 0) is 0 Å². The lowest BCUT2D eigenvalue weighted by molar-refractivity contribution is 1.16. The normalized spacial score (nSPS) is 11.8. The number of nitrogens with zero attached hydrogens (tertiary/aromatic N) is 2. The summed E-state index contributed by atoms with van der Waals surface area (Å²) in [5, 5.41) is 12.8. The van der Waals surface area contributed by atoms with E-state index in [2.05, 4.69) is 174 Å². The highest BCUT2D eigenvalue weighted by molar-refractivity contribution is 6.42. The number of hydrogen-bond acceptors (Lipinski definition) is 1. The van der Waals surface area contributed by atoms with E-state index in [1.165, 1.54) is 64.9 Å². The van der Waals surface area contributed by atoms with Crippen molar-refractivity contribution in [3.8, 4) is 28.2 Å². The van der Waals surface area contributed by atoms with Crippen LogP contribution in [0.5, 0.6) is 0 Å². The minimum absolute atomic E-state index is 0.953. The van der Waals surface area contributed by atoms with Gasteiger partial charge in [0, 0.05) is 32.7 Å². The third-order valence-electron chi connectivity index (χ3n) is 9.72. The average Bonchev–Trinajstić information content (AvgIpc) is 3.51. The Bertz CT molecular complexity index is 2770. The zero-order chi connectivity index (χ0) is 30.9. The van der Waals surface area contributed by atoms with E-state index in [9.17, 15) is 0 Å². The number of rotatable bonds is 3. The summed E-state index contributed by atoms with van der Waals surface area (Å²) in [6.45, 7) is 0. The summed E-state index contributed by atoms with van der Waals surface area (Å²) in [4.78, 5) is 5.22. The molecular weight excluding hydrogens is 569 g/mol. The summed E-state index contributed by atoms with van der Waals surface area (Å²) in [7, 11) is 0. The molecule has 218 valence electrons. The average molecular weight is 597 g/mol. The molecule has 2 nitrogen and oxygen atoms in total. The smallest absolute Gasteiger partial charge is 0.0730 e. The molecule has 0 aliphatic rings. The molecule has 0 saturated heterocycles. The fraction of sp³-hybridized carbons (Fsp3) is 0. The highest BCUT2D eigenvalue weighted by Gasteiger charge is 2.22. The fourth-order valence-electron chi connectivity index (χ4n) is 7.76. The Morgan fingerprint density at radius 1 is 0.340 bits per heavy atom. The van der Waals surface area contributed by atoms with Gasteiger partial charge in [0.2, 0.25) is 0 Å². The van der Waals surface area contributed by atoms with Gasteiger partial charge in [-0.1, -0.05) is 152 Å². The number of pyridine rings is 1. The predicted octanol–water partition coefficient (Wildman–Crippen LogP) is 12.1. The van der Waals surface area contributed by atoms with Crippen molar-refractivity contribution < 1.29 is 0 Å². The lowest BCUT2D eigenvalue weighted by atomic mass is 9.88. The Kier molecular flexibility index (Phi) is 5.61. The van der Waals surface area contributed by atoms with E-state index in [4.69, 9.17) is 4.98 Å². The van der Waals surface area contributed by atoms with Crippen molar-refractivity contribution in [1.29, 1.82) is 0 Å². The second kappa shape index (κ2) is 10.1. The monoisotopic (exact) mass is 596 g/mol. The van der Waals surface area contributed by atoms with Crippen LogP contribution < -0.4 is 0 Å². The molecule has 0 spiro atoms. The molecule has 0 aliphatic heterocycles. The van der Waals surface area contributed by atoms with E-state index in [0.29, 0.717) is 0 Å². The second-order valence-electron chi connectivity index (χ2n) is 12.3. The first-order chi connectivity index (χ1) is 23.3. The van der Waals surface area contributed by atoms with Gasteiger partial charge in [-0.25, -0.2) is 4.98 Å². The van der Waals surface area contributed by atoms with Gasteiger partial charge in [-0.2, -0.15) is 0 Å². The van der Waals surface area contributed by atoms with Crippen LogP contribution in [-0.4, -0.2) is 9.55 Å². The quantitative estimate of drug-likeness (QED) is 0.186. The molecule has 47 heavy (non-hydrogen) atoms. The molecule has 0 unspecified atom stereocenters. The Hall–Kier alpha value is -6.25. The lowest BCUT2D eigenvalue weighted by Gasteiger charge is -2.17. The van der Waals surface area contributed by atoms with Crippen molar-refractivity contribution in [1.82, 2.24) is 9.55 Å². The number of benzene rings is 8. The molecule has 0 fully saturated rings. The van der Waals surface area contributed by atoms with Crippen LogP contribution in [0.25, 0.3) is 93.1 Å². The fourth-order valence-corrected chi connectivity index (χ4v) is 7.76. The standard InChI is InChI=1S/C45H28N2/c1-3-15-29(16-4-1)39-27-31(28-40(46-39)30-17-5-2-6-18-30)47-41-26-14-13-25-38(41)44-43-35-22-10-8-20-33(35)32-19-7-9-21-34(32)42(43)36-23-11-12-24-37(36)45(44)47/h1-28H. The summed E-state index contributed by atoms with van der Waals surface area (Å²) in [5.74, 6) is 0. The molecule has 10 aromatic rings. The largest absolute Gasteiger partial charge is 0.308 e. The van der Waals surface area contributed by atoms with Crippen LogP contribution in [0.15, 0.2) is 170 Å². The van der Waals surface area contributed by atoms with Crippen LogP contribution in [0.1, 0.15) is 0 Å². The van der Waals surface area contributed by atoms with E-state index in [-0.39, 0.29) is 0 Å². The Morgan fingerprint density at radius 2 is 0.766 bits per heavy atom. The Morgan fingerprint density at radius 3 is 1.34 bits per heavy atom. The molecule has 0 atom stereocenters. The van der Waals surface area contributed by atoms with E-state index >= 15 is 0 Å². The summed E-state index contributed by atoms with van der Waals surface area (Å²) < 4.78 is 2.48. The molecule has 8 aromatic carbocycles. The molecule has 0 amide bonds. The Labute approximate surface area is 271 Å². The third kappa shape index (κ3) is 3.82. The van der Waals surface area contributed by atoms with Crippen LogP contribution in [0.3, 0.4) is 0 Å². The van der Waals surface area contributed by atoms with Crippen LogP contribution in [0.4, 0.5) is 0 Å². The van der Waals surface area contributed by atoms with Gasteiger partial charge in [-0.15, -0.1) is 0 Å². The van der Waals surface area contributed by atoms with Crippen molar-refractivity contribution in [2.45, 2.75) is 0 Å². The molecule has 0 saturated carbocycles. The van der Waals surface area contributed by atoms with Crippen molar-refractivity contribution in [3.63, 3.8) is 0 Å². The van der Waals surface area contributed by atoms with E-state index in [1.54, 1.807) is 0 Å². The van der Waals surface area contributed by atoms with Crippen LogP contribution in [0, 0.1) is 0 Å². The SMILES string of the molecule is c1ccc(-c2cc(-n3c4ccccc4c4c5c6ccccc6c6ccccc6c5c5ccccc5c43)cc(-c3ccccc3)n2)cc1. The highest BCUT2D eigenvalue weighted by Crippen LogP contribution is 2.48. The first kappa shape index (κ1) is 26.0. The molecule has 0 N–H and O–H groups in total. The van der Waals surface area contributed by atoms with Gasteiger partial charge in [0.1, 0.15) is 0 Å². The maximum atomic E-state index is 5.22. The number of fused-ring (bicyclic) bond motifs is 13. The number of para-hydroxylation sites is 1. The van der Waals surface area contributed by atoms with Crippen LogP contribution >= 0.6 is 0 Å². The molecule has 0 bridgehead atoms. The van der Waals surface area contributed by atoms with Gasteiger partial charge in [0.05, 0.1) is 28.1 Å². The summed E-state index contributed by atoms with van der Waals surface area (Å²) in [5.41, 5.74) is 7.60. The highest BCUT2D eigenvalue weighted by atomic mass is 15.0. The molecule has 2 heteroatoms. The molecule has 2 heterocycles. The molecule has 0 radical (unpaired) electrons. The number of aromatic nitrogens is 2. The van der Waals surface area contributed by atoms with Gasteiger partial charge in [-0.3, -0.25) is 0 Å². The lowest BCUT2D eigenvalue weighted by Crippen LogP contribution is -1.99. The molecule has 10 rings (SSSR count). The van der Waals surface area contributed by atoms with Gasteiger partial charge in [0.25, 0.3) is 0 Å². The zero-order valence-corrected chi connectivity index (χ0v) is 25.6. The molecule has 2 aromatic heterocycles. The van der Waals surface area contributed by atoms with Gasteiger partial charge < -0.3 is 4.57 Å². The summed E-state index contributed by atoms with van der Waals surface area (Å²) in [6.07, 6.45) is 0. The first-order valence-corrected chi connectivity index (χ1v) is 16.2. The van der Waals surface area contributed by atoms with Gasteiger partial charge in [0.15, 0.2) is 0 Å². The Balaban J connectivity index is 1.46. The summed E-state index contributed by atoms with van der Waals surface area (Å²) >= 11 is 0. The first-order valence-electron chi connectivity index (χ1n) is 16.2. The number of hydrogen-bond donors (Lipinski definition) is 0. The molecular formula is C45H28N2. The maximum Gasteiger partial charge on any atom is 0.0730 e. The van der Waals surface area contributed by atoms with Crippen LogP contribution in [0.2, 0.25) is 0 Å². The van der Waals surface area contributed by atoms with E-state index in [0.717, 1.165) is 28.2 Å². The van der Waals surface area contributed by atoms with Crippen molar-refractivity contribution in [2.24, 2.45) is 0 Å². The van der Waals surface area contributed by atoms with E-state index in [1.807, 2.05) is 0 Å². The minimum atomic E-state index is 0.953. The zero-order valence-electron chi connectivity index (χ0n) is 25.6. The summed E-state index contributed by atoms with van der Waals surface area (Å²) in [6, 6.07) is 61.2. The third-order valence-corrected chi connectivity index (χ3v) is 9.72. The second-order valence-corrected chi connectivity index (χ2v) is 12.3. The topological polar surface area (TPSA) is 17.8 Å². The van der Waals surface area contributed by atoms with Crippen molar-refractivity contribution in [2.75, 3.05) is 0 Å².